The van der Waals surface area contributed by atoms with Crippen LogP contribution in [0.5, 0.6) is 11.5 Å². The molecule has 0 heterocycles. The van der Waals surface area contributed by atoms with E-state index in [1.165, 1.54) is 5.56 Å². The number of methoxy groups -OCH3 is 1. The smallest absolute Gasteiger partial charge is 0.159 e. The maximum absolute atomic E-state index is 11.3. The van der Waals surface area contributed by atoms with E-state index in [9.17, 15) is 4.79 Å². The van der Waals surface area contributed by atoms with Crippen molar-refractivity contribution in [3.63, 3.8) is 0 Å². The third-order valence-corrected chi connectivity index (χ3v) is 4.15. The van der Waals surface area contributed by atoms with Crippen LogP contribution in [0.15, 0.2) is 48.5 Å². The fraction of sp³-hybridized carbons (Fsp3) is 0.350. The highest BCUT2D eigenvalue weighted by atomic mass is 16.5. The van der Waals surface area contributed by atoms with E-state index in [0.29, 0.717) is 5.56 Å². The molecular formula is C20H24O3. The summed E-state index contributed by atoms with van der Waals surface area (Å²) in [7, 11) is 1.67. The SMILES string of the molecule is CCC(Oc1ccc(C(C)=O)cc1)C(C)c1ccc(OC)cc1. The van der Waals surface area contributed by atoms with Gasteiger partial charge in [0, 0.05) is 11.5 Å². The van der Waals surface area contributed by atoms with Gasteiger partial charge in [0.2, 0.25) is 0 Å². The van der Waals surface area contributed by atoms with E-state index in [1.807, 2.05) is 36.4 Å². The van der Waals surface area contributed by atoms with Gasteiger partial charge < -0.3 is 9.47 Å². The highest BCUT2D eigenvalue weighted by Gasteiger charge is 2.19. The average molecular weight is 312 g/mol. The van der Waals surface area contributed by atoms with Gasteiger partial charge in [-0.1, -0.05) is 26.0 Å². The second-order valence-electron chi connectivity index (χ2n) is 5.71. The molecule has 2 atom stereocenters. The van der Waals surface area contributed by atoms with Crippen LogP contribution >= 0.6 is 0 Å². The van der Waals surface area contributed by atoms with Crippen LogP contribution in [0.2, 0.25) is 0 Å². The largest absolute Gasteiger partial charge is 0.497 e. The van der Waals surface area contributed by atoms with E-state index in [1.54, 1.807) is 14.0 Å². The molecule has 0 amide bonds. The summed E-state index contributed by atoms with van der Waals surface area (Å²) in [5.41, 5.74) is 1.92. The standard InChI is InChI=1S/C20H24O3/c1-5-20(14(2)16-6-10-18(22-4)11-7-16)23-19-12-8-17(9-13-19)15(3)21/h6-14,20H,5H2,1-4H3. The Morgan fingerprint density at radius 1 is 1.00 bits per heavy atom. The lowest BCUT2D eigenvalue weighted by Gasteiger charge is -2.24. The molecule has 2 rings (SSSR count). The van der Waals surface area contributed by atoms with Crippen molar-refractivity contribution in [2.24, 2.45) is 0 Å². The van der Waals surface area contributed by atoms with Crippen LogP contribution in [0.25, 0.3) is 0 Å². The van der Waals surface area contributed by atoms with Crippen LogP contribution in [0.3, 0.4) is 0 Å². The Bertz CT molecular complexity index is 629. The molecule has 0 aliphatic rings. The topological polar surface area (TPSA) is 35.5 Å². The Labute approximate surface area is 138 Å². The minimum atomic E-state index is 0.0650. The first-order valence-corrected chi connectivity index (χ1v) is 7.96. The number of hydrogen-bond acceptors (Lipinski definition) is 3. The van der Waals surface area contributed by atoms with Crippen LogP contribution < -0.4 is 9.47 Å². The Morgan fingerprint density at radius 3 is 2.04 bits per heavy atom. The van der Waals surface area contributed by atoms with Gasteiger partial charge in [-0.25, -0.2) is 0 Å². The average Bonchev–Trinajstić information content (AvgIpc) is 2.59. The minimum absolute atomic E-state index is 0.0650. The van der Waals surface area contributed by atoms with Gasteiger partial charge in [0.15, 0.2) is 5.78 Å². The number of rotatable bonds is 7. The minimum Gasteiger partial charge on any atom is -0.497 e. The van der Waals surface area contributed by atoms with Crippen molar-refractivity contribution in [3.05, 3.63) is 59.7 Å². The third kappa shape index (κ3) is 4.35. The summed E-state index contributed by atoms with van der Waals surface area (Å²) in [4.78, 5) is 11.3. The van der Waals surface area contributed by atoms with E-state index in [4.69, 9.17) is 9.47 Å². The van der Waals surface area contributed by atoms with Gasteiger partial charge in [0.05, 0.1) is 7.11 Å². The number of carbonyl (C=O) groups is 1. The predicted octanol–water partition coefficient (Wildman–Crippen LogP) is 4.86. The fourth-order valence-electron chi connectivity index (χ4n) is 2.60. The number of benzene rings is 2. The van der Waals surface area contributed by atoms with Gasteiger partial charge >= 0.3 is 0 Å². The molecule has 0 saturated heterocycles. The summed E-state index contributed by atoms with van der Waals surface area (Å²) >= 11 is 0. The maximum Gasteiger partial charge on any atom is 0.159 e. The number of ketones is 1. The van der Waals surface area contributed by atoms with Crippen molar-refractivity contribution in [2.75, 3.05) is 7.11 Å². The first-order chi connectivity index (χ1) is 11.0. The molecule has 0 aromatic heterocycles. The predicted molar refractivity (Wildman–Crippen MR) is 92.6 cm³/mol. The second-order valence-corrected chi connectivity index (χ2v) is 5.71. The molecule has 0 bridgehead atoms. The first-order valence-electron chi connectivity index (χ1n) is 7.96. The molecule has 0 radical (unpaired) electrons. The van der Waals surface area contributed by atoms with Crippen molar-refractivity contribution in [1.82, 2.24) is 0 Å². The van der Waals surface area contributed by atoms with E-state index >= 15 is 0 Å². The Hall–Kier alpha value is -2.29. The van der Waals surface area contributed by atoms with E-state index in [2.05, 4.69) is 26.0 Å². The summed E-state index contributed by atoms with van der Waals surface area (Å²) in [6, 6.07) is 15.4. The zero-order chi connectivity index (χ0) is 16.8. The number of hydrogen-bond donors (Lipinski definition) is 0. The Balaban J connectivity index is 2.09. The van der Waals surface area contributed by atoms with Gasteiger partial charge in [-0.2, -0.15) is 0 Å². The van der Waals surface area contributed by atoms with Gasteiger partial charge in [0.1, 0.15) is 17.6 Å². The fourth-order valence-corrected chi connectivity index (χ4v) is 2.60. The highest BCUT2D eigenvalue weighted by molar-refractivity contribution is 5.94. The number of Topliss-reactive ketones (excluding diaryl/α,β-unsaturated/α-hetero) is 1. The maximum atomic E-state index is 11.3. The summed E-state index contributed by atoms with van der Waals surface area (Å²) in [5, 5.41) is 0. The lowest BCUT2D eigenvalue weighted by atomic mass is 9.93. The molecule has 3 heteroatoms. The first kappa shape index (κ1) is 17.1. The van der Waals surface area contributed by atoms with E-state index in [0.717, 1.165) is 17.9 Å². The molecule has 0 saturated carbocycles. The second kappa shape index (κ2) is 7.82. The van der Waals surface area contributed by atoms with Gasteiger partial charge in [-0.05, 0) is 55.3 Å². The summed E-state index contributed by atoms with van der Waals surface area (Å²) in [6.07, 6.45) is 0.980. The van der Waals surface area contributed by atoms with Crippen molar-refractivity contribution >= 4 is 5.78 Å². The molecule has 2 aromatic carbocycles. The molecule has 0 aliphatic carbocycles. The van der Waals surface area contributed by atoms with Crippen LogP contribution in [-0.4, -0.2) is 19.0 Å². The monoisotopic (exact) mass is 312 g/mol. The van der Waals surface area contributed by atoms with E-state index < -0.39 is 0 Å². The molecule has 0 spiro atoms. The quantitative estimate of drug-likeness (QED) is 0.685. The number of ether oxygens (including phenoxy) is 2. The van der Waals surface area contributed by atoms with Gasteiger partial charge in [-0.3, -0.25) is 4.79 Å². The molecular weight excluding hydrogens is 288 g/mol. The molecule has 2 aromatic rings. The number of carbonyl (C=O) groups excluding carboxylic acids is 1. The van der Waals surface area contributed by atoms with Crippen LogP contribution in [0.4, 0.5) is 0 Å². The third-order valence-electron chi connectivity index (χ3n) is 4.15. The van der Waals surface area contributed by atoms with Crippen LogP contribution in [-0.2, 0) is 0 Å². The Morgan fingerprint density at radius 2 is 1.57 bits per heavy atom. The summed E-state index contributed by atoms with van der Waals surface area (Å²) in [5.74, 6) is 1.98. The normalized spacial score (nSPS) is 13.2. The van der Waals surface area contributed by atoms with Crippen LogP contribution in [0, 0.1) is 0 Å². The summed E-state index contributed by atoms with van der Waals surface area (Å²) in [6.45, 7) is 5.85. The molecule has 0 N–H and O–H groups in total. The van der Waals surface area contributed by atoms with Crippen molar-refractivity contribution in [1.29, 1.82) is 0 Å². The molecule has 3 nitrogen and oxygen atoms in total. The van der Waals surface area contributed by atoms with Crippen LogP contribution in [0.1, 0.15) is 49.0 Å². The zero-order valence-electron chi connectivity index (χ0n) is 14.2. The zero-order valence-corrected chi connectivity index (χ0v) is 14.2. The van der Waals surface area contributed by atoms with Gasteiger partial charge in [0.25, 0.3) is 0 Å². The van der Waals surface area contributed by atoms with Gasteiger partial charge in [-0.15, -0.1) is 0 Å². The lowest BCUT2D eigenvalue weighted by Crippen LogP contribution is -2.22. The van der Waals surface area contributed by atoms with E-state index in [-0.39, 0.29) is 17.8 Å². The molecule has 0 fully saturated rings. The molecule has 122 valence electrons. The lowest BCUT2D eigenvalue weighted by molar-refractivity contribution is 0.101. The molecule has 2 unspecified atom stereocenters. The van der Waals surface area contributed by atoms with Crippen molar-refractivity contribution in [3.8, 4) is 11.5 Å². The highest BCUT2D eigenvalue weighted by Crippen LogP contribution is 2.27. The Kier molecular flexibility index (Phi) is 5.80. The molecule has 0 aliphatic heterocycles. The van der Waals surface area contributed by atoms with Crippen molar-refractivity contribution in [2.45, 2.75) is 39.2 Å². The van der Waals surface area contributed by atoms with Crippen molar-refractivity contribution < 1.29 is 14.3 Å². The molecule has 23 heavy (non-hydrogen) atoms. The summed E-state index contributed by atoms with van der Waals surface area (Å²) < 4.78 is 11.3.